The van der Waals surface area contributed by atoms with E-state index in [0.29, 0.717) is 0 Å². The SMILES string of the molecule is NC1CCC(C(=O)Nc2cccc(-c3cccs3)c2)C1. The molecular weight excluding hydrogens is 268 g/mol. The van der Waals surface area contributed by atoms with Crippen LogP contribution in [0.15, 0.2) is 41.8 Å². The van der Waals surface area contributed by atoms with Crippen molar-refractivity contribution in [3.05, 3.63) is 41.8 Å². The molecule has 1 saturated carbocycles. The Morgan fingerprint density at radius 3 is 2.85 bits per heavy atom. The molecule has 3 rings (SSSR count). The second-order valence-electron chi connectivity index (χ2n) is 5.32. The normalized spacial score (nSPS) is 21.9. The van der Waals surface area contributed by atoms with Crippen molar-refractivity contribution in [2.75, 3.05) is 5.32 Å². The Kier molecular flexibility index (Phi) is 3.85. The van der Waals surface area contributed by atoms with Crippen LogP contribution in [0.2, 0.25) is 0 Å². The summed E-state index contributed by atoms with van der Waals surface area (Å²) in [4.78, 5) is 13.4. The number of rotatable bonds is 3. The monoisotopic (exact) mass is 286 g/mol. The number of nitrogens with two attached hydrogens (primary N) is 1. The number of hydrogen-bond donors (Lipinski definition) is 2. The average Bonchev–Trinajstić information content (AvgIpc) is 3.10. The van der Waals surface area contributed by atoms with Gasteiger partial charge in [0, 0.05) is 22.5 Å². The molecule has 4 heteroatoms. The van der Waals surface area contributed by atoms with E-state index in [-0.39, 0.29) is 17.9 Å². The minimum Gasteiger partial charge on any atom is -0.328 e. The zero-order chi connectivity index (χ0) is 13.9. The zero-order valence-corrected chi connectivity index (χ0v) is 12.0. The third-order valence-electron chi connectivity index (χ3n) is 3.78. The maximum atomic E-state index is 12.2. The Morgan fingerprint density at radius 2 is 2.15 bits per heavy atom. The van der Waals surface area contributed by atoms with Crippen LogP contribution in [-0.2, 0) is 4.79 Å². The van der Waals surface area contributed by atoms with Crippen molar-refractivity contribution in [2.45, 2.75) is 25.3 Å². The highest BCUT2D eigenvalue weighted by molar-refractivity contribution is 7.13. The lowest BCUT2D eigenvalue weighted by Gasteiger charge is -2.11. The highest BCUT2D eigenvalue weighted by Gasteiger charge is 2.27. The molecule has 3 N–H and O–H groups in total. The van der Waals surface area contributed by atoms with E-state index in [4.69, 9.17) is 5.73 Å². The van der Waals surface area contributed by atoms with E-state index >= 15 is 0 Å². The van der Waals surface area contributed by atoms with Gasteiger partial charge < -0.3 is 11.1 Å². The summed E-state index contributed by atoms with van der Waals surface area (Å²) in [6.07, 6.45) is 2.65. The van der Waals surface area contributed by atoms with Gasteiger partial charge in [-0.2, -0.15) is 0 Å². The number of hydrogen-bond acceptors (Lipinski definition) is 3. The molecule has 1 amide bonds. The molecule has 104 valence electrons. The van der Waals surface area contributed by atoms with Gasteiger partial charge in [-0.1, -0.05) is 18.2 Å². The molecule has 1 fully saturated rings. The molecule has 3 nitrogen and oxygen atoms in total. The number of thiophene rings is 1. The van der Waals surface area contributed by atoms with Gasteiger partial charge in [-0.3, -0.25) is 4.79 Å². The van der Waals surface area contributed by atoms with Gasteiger partial charge in [-0.15, -0.1) is 11.3 Å². The van der Waals surface area contributed by atoms with Crippen LogP contribution in [0.4, 0.5) is 5.69 Å². The van der Waals surface area contributed by atoms with Crippen molar-refractivity contribution in [1.82, 2.24) is 0 Å². The van der Waals surface area contributed by atoms with Gasteiger partial charge in [0.25, 0.3) is 0 Å². The fraction of sp³-hybridized carbons (Fsp3) is 0.312. The van der Waals surface area contributed by atoms with Gasteiger partial charge in [0.2, 0.25) is 5.91 Å². The zero-order valence-electron chi connectivity index (χ0n) is 11.2. The summed E-state index contributed by atoms with van der Waals surface area (Å²) in [6, 6.07) is 12.3. The summed E-state index contributed by atoms with van der Waals surface area (Å²) in [5.41, 5.74) is 7.87. The molecule has 0 aliphatic heterocycles. The van der Waals surface area contributed by atoms with Crippen molar-refractivity contribution in [3.63, 3.8) is 0 Å². The number of carbonyl (C=O) groups excluding carboxylic acids is 1. The fourth-order valence-corrected chi connectivity index (χ4v) is 3.42. The number of nitrogens with one attached hydrogen (secondary N) is 1. The van der Waals surface area contributed by atoms with E-state index in [2.05, 4.69) is 22.8 Å². The lowest BCUT2D eigenvalue weighted by molar-refractivity contribution is -0.119. The van der Waals surface area contributed by atoms with Gasteiger partial charge in [-0.25, -0.2) is 0 Å². The summed E-state index contributed by atoms with van der Waals surface area (Å²) in [6.45, 7) is 0. The second-order valence-corrected chi connectivity index (χ2v) is 6.27. The molecule has 2 aromatic rings. The van der Waals surface area contributed by atoms with Crippen LogP contribution in [0.1, 0.15) is 19.3 Å². The van der Waals surface area contributed by atoms with Crippen molar-refractivity contribution in [2.24, 2.45) is 11.7 Å². The minimum absolute atomic E-state index is 0.0652. The molecule has 0 saturated heterocycles. The highest BCUT2D eigenvalue weighted by atomic mass is 32.1. The lowest BCUT2D eigenvalue weighted by atomic mass is 10.1. The summed E-state index contributed by atoms with van der Waals surface area (Å²) < 4.78 is 0. The van der Waals surface area contributed by atoms with Gasteiger partial charge in [-0.05, 0) is 48.4 Å². The van der Waals surface area contributed by atoms with Crippen LogP contribution in [0, 0.1) is 5.92 Å². The van der Waals surface area contributed by atoms with Crippen molar-refractivity contribution in [3.8, 4) is 10.4 Å². The number of carbonyl (C=O) groups is 1. The first-order valence-corrected chi connectivity index (χ1v) is 7.81. The van der Waals surface area contributed by atoms with Gasteiger partial charge in [0.05, 0.1) is 0 Å². The van der Waals surface area contributed by atoms with Crippen LogP contribution in [0.25, 0.3) is 10.4 Å². The lowest BCUT2D eigenvalue weighted by Crippen LogP contribution is -2.23. The summed E-state index contributed by atoms with van der Waals surface area (Å²) >= 11 is 1.70. The summed E-state index contributed by atoms with van der Waals surface area (Å²) in [7, 11) is 0. The molecule has 1 aromatic carbocycles. The smallest absolute Gasteiger partial charge is 0.227 e. The van der Waals surface area contributed by atoms with Crippen molar-refractivity contribution in [1.29, 1.82) is 0 Å². The average molecular weight is 286 g/mol. The van der Waals surface area contributed by atoms with Gasteiger partial charge >= 0.3 is 0 Å². The minimum atomic E-state index is 0.0652. The van der Waals surface area contributed by atoms with E-state index in [1.807, 2.05) is 24.3 Å². The maximum absolute atomic E-state index is 12.2. The van der Waals surface area contributed by atoms with E-state index in [1.165, 1.54) is 4.88 Å². The molecule has 1 aromatic heterocycles. The van der Waals surface area contributed by atoms with E-state index in [0.717, 1.165) is 30.5 Å². The van der Waals surface area contributed by atoms with Crippen LogP contribution >= 0.6 is 11.3 Å². The third kappa shape index (κ3) is 2.92. The molecule has 1 aliphatic carbocycles. The highest BCUT2D eigenvalue weighted by Crippen LogP contribution is 2.28. The quantitative estimate of drug-likeness (QED) is 0.907. The topological polar surface area (TPSA) is 55.1 Å². The Labute approximate surface area is 122 Å². The molecule has 2 unspecified atom stereocenters. The van der Waals surface area contributed by atoms with Crippen molar-refractivity contribution < 1.29 is 4.79 Å². The Hall–Kier alpha value is -1.65. The largest absolute Gasteiger partial charge is 0.328 e. The maximum Gasteiger partial charge on any atom is 0.227 e. The summed E-state index contributed by atoms with van der Waals surface area (Å²) in [5, 5.41) is 5.07. The first kappa shape index (κ1) is 13.3. The first-order valence-electron chi connectivity index (χ1n) is 6.93. The molecule has 20 heavy (non-hydrogen) atoms. The fourth-order valence-electron chi connectivity index (χ4n) is 2.69. The van der Waals surface area contributed by atoms with Gasteiger partial charge in [0.15, 0.2) is 0 Å². The van der Waals surface area contributed by atoms with E-state index in [9.17, 15) is 4.79 Å². The Morgan fingerprint density at radius 1 is 1.25 bits per heavy atom. The standard InChI is InChI=1S/C16H18N2OS/c17-13-7-6-12(9-13)16(19)18-14-4-1-3-11(10-14)15-5-2-8-20-15/h1-5,8,10,12-13H,6-7,9,17H2,(H,18,19). The second kappa shape index (κ2) is 5.77. The first-order chi connectivity index (χ1) is 9.72. The molecule has 0 bridgehead atoms. The number of benzene rings is 1. The predicted molar refractivity (Wildman–Crippen MR) is 83.7 cm³/mol. The van der Waals surface area contributed by atoms with Crippen molar-refractivity contribution >= 4 is 22.9 Å². The van der Waals surface area contributed by atoms with Gasteiger partial charge in [0.1, 0.15) is 0 Å². The predicted octanol–water partition coefficient (Wildman–Crippen LogP) is 3.48. The Balaban J connectivity index is 1.71. The van der Waals surface area contributed by atoms with Crippen LogP contribution in [-0.4, -0.2) is 11.9 Å². The Bertz CT molecular complexity index is 594. The van der Waals surface area contributed by atoms with Crippen LogP contribution in [0.5, 0.6) is 0 Å². The molecule has 0 radical (unpaired) electrons. The molecule has 1 heterocycles. The third-order valence-corrected chi connectivity index (χ3v) is 4.70. The van der Waals surface area contributed by atoms with Crippen LogP contribution in [0.3, 0.4) is 0 Å². The van der Waals surface area contributed by atoms with E-state index < -0.39 is 0 Å². The van der Waals surface area contributed by atoms with E-state index in [1.54, 1.807) is 11.3 Å². The number of anilines is 1. The summed E-state index contributed by atoms with van der Waals surface area (Å²) in [5.74, 6) is 0.164. The molecule has 1 aliphatic rings. The molecule has 0 spiro atoms. The molecular formula is C16H18N2OS. The van der Waals surface area contributed by atoms with Crippen LogP contribution < -0.4 is 11.1 Å². The molecule has 2 atom stereocenters. The number of amides is 1.